The van der Waals surface area contributed by atoms with Crippen LogP contribution >= 0.6 is 0 Å². The van der Waals surface area contributed by atoms with E-state index in [4.69, 9.17) is 0 Å². The zero-order valence-electron chi connectivity index (χ0n) is 12.1. The predicted molar refractivity (Wildman–Crippen MR) is 78.1 cm³/mol. The molecule has 0 atom stereocenters. The molecule has 1 aliphatic heterocycles. The number of rotatable bonds is 4. The highest BCUT2D eigenvalue weighted by Gasteiger charge is 2.35. The summed E-state index contributed by atoms with van der Waals surface area (Å²) in [6.45, 7) is 1.99. The van der Waals surface area contributed by atoms with Crippen LogP contribution < -0.4 is 5.32 Å². The minimum Gasteiger partial charge on any atom is -0.352 e. The molecule has 1 aliphatic carbocycles. The van der Waals surface area contributed by atoms with Crippen molar-refractivity contribution >= 4 is 11.8 Å². The molecule has 1 aromatic heterocycles. The molecule has 0 spiro atoms. The predicted octanol–water partition coefficient (Wildman–Crippen LogP) is 1.35. The third kappa shape index (κ3) is 3.60. The summed E-state index contributed by atoms with van der Waals surface area (Å²) in [4.78, 5) is 30.0. The monoisotopic (exact) mass is 287 g/mol. The number of aromatic nitrogens is 1. The van der Waals surface area contributed by atoms with E-state index in [9.17, 15) is 9.59 Å². The zero-order chi connectivity index (χ0) is 14.7. The fourth-order valence-corrected chi connectivity index (χ4v) is 2.78. The van der Waals surface area contributed by atoms with E-state index in [-0.39, 0.29) is 17.7 Å². The number of carbonyl (C=O) groups excluding carboxylic acids is 2. The van der Waals surface area contributed by atoms with Crippen molar-refractivity contribution in [2.24, 2.45) is 11.8 Å². The molecular weight excluding hydrogens is 266 g/mol. The van der Waals surface area contributed by atoms with Crippen molar-refractivity contribution in [3.8, 4) is 0 Å². The maximum atomic E-state index is 12.2. The third-order valence-corrected chi connectivity index (χ3v) is 4.32. The quantitative estimate of drug-likeness (QED) is 0.909. The van der Waals surface area contributed by atoms with Crippen LogP contribution in [0, 0.1) is 11.8 Å². The molecule has 1 saturated heterocycles. The molecule has 2 heterocycles. The van der Waals surface area contributed by atoms with E-state index >= 15 is 0 Å². The van der Waals surface area contributed by atoms with Gasteiger partial charge >= 0.3 is 0 Å². The van der Waals surface area contributed by atoms with Gasteiger partial charge in [0.1, 0.15) is 0 Å². The van der Waals surface area contributed by atoms with Crippen LogP contribution in [0.5, 0.6) is 0 Å². The van der Waals surface area contributed by atoms with E-state index in [1.807, 2.05) is 17.0 Å². The summed E-state index contributed by atoms with van der Waals surface area (Å²) in [7, 11) is 0. The minimum absolute atomic E-state index is 0.0371. The largest absolute Gasteiger partial charge is 0.352 e. The lowest BCUT2D eigenvalue weighted by Gasteiger charge is -2.31. The molecular formula is C16H21N3O2. The van der Waals surface area contributed by atoms with Gasteiger partial charge < -0.3 is 10.2 Å². The lowest BCUT2D eigenvalue weighted by Crippen LogP contribution is -2.43. The van der Waals surface area contributed by atoms with Crippen molar-refractivity contribution < 1.29 is 9.59 Å². The standard InChI is InChI=1S/C16H21N3O2/c20-15(18-11-12-3-7-17-8-4-12)13-5-9-19(10-6-13)16(21)14-1-2-14/h3-4,7-8,13-14H,1-2,5-6,9-11H2,(H,18,20). The van der Waals surface area contributed by atoms with E-state index in [1.54, 1.807) is 12.4 Å². The Morgan fingerprint density at radius 2 is 1.76 bits per heavy atom. The van der Waals surface area contributed by atoms with Crippen molar-refractivity contribution in [3.05, 3.63) is 30.1 Å². The first kappa shape index (κ1) is 14.0. The van der Waals surface area contributed by atoms with Gasteiger partial charge in [-0.2, -0.15) is 0 Å². The Morgan fingerprint density at radius 3 is 2.38 bits per heavy atom. The second-order valence-corrected chi connectivity index (χ2v) is 5.95. The first-order valence-electron chi connectivity index (χ1n) is 7.69. The van der Waals surface area contributed by atoms with E-state index in [0.29, 0.717) is 12.5 Å². The molecule has 21 heavy (non-hydrogen) atoms. The summed E-state index contributed by atoms with van der Waals surface area (Å²) >= 11 is 0. The van der Waals surface area contributed by atoms with Crippen LogP contribution in [0.3, 0.4) is 0 Å². The Hall–Kier alpha value is -1.91. The molecule has 2 fully saturated rings. The molecule has 2 aliphatic rings. The zero-order valence-corrected chi connectivity index (χ0v) is 12.1. The normalized spacial score (nSPS) is 19.3. The minimum atomic E-state index is 0.0371. The molecule has 2 amide bonds. The maximum Gasteiger partial charge on any atom is 0.225 e. The number of piperidine rings is 1. The van der Waals surface area contributed by atoms with E-state index in [1.165, 1.54) is 0 Å². The molecule has 0 unspecified atom stereocenters. The second-order valence-electron chi connectivity index (χ2n) is 5.95. The van der Waals surface area contributed by atoms with Crippen LogP contribution in [0.25, 0.3) is 0 Å². The summed E-state index contributed by atoms with van der Waals surface area (Å²) in [6, 6.07) is 3.80. The van der Waals surface area contributed by atoms with Gasteiger partial charge in [-0.3, -0.25) is 14.6 Å². The van der Waals surface area contributed by atoms with Crippen LogP contribution in [-0.2, 0) is 16.1 Å². The molecule has 1 aromatic rings. The summed E-state index contributed by atoms with van der Waals surface area (Å²) in [5.74, 6) is 0.716. The lowest BCUT2D eigenvalue weighted by molar-refractivity contribution is -0.136. The van der Waals surface area contributed by atoms with Crippen molar-refractivity contribution in [1.29, 1.82) is 0 Å². The van der Waals surface area contributed by atoms with Crippen molar-refractivity contribution in [3.63, 3.8) is 0 Å². The Kier molecular flexibility index (Phi) is 4.18. The summed E-state index contributed by atoms with van der Waals surface area (Å²) in [5, 5.41) is 2.98. The van der Waals surface area contributed by atoms with E-state index in [0.717, 1.165) is 44.3 Å². The van der Waals surface area contributed by atoms with Crippen molar-refractivity contribution in [1.82, 2.24) is 15.2 Å². The fourth-order valence-electron chi connectivity index (χ4n) is 2.78. The van der Waals surface area contributed by atoms with Gasteiger partial charge in [-0.25, -0.2) is 0 Å². The number of likely N-dealkylation sites (tertiary alicyclic amines) is 1. The topological polar surface area (TPSA) is 62.3 Å². The number of pyridine rings is 1. The first-order chi connectivity index (χ1) is 10.2. The molecule has 0 radical (unpaired) electrons. The Bertz CT molecular complexity index is 506. The van der Waals surface area contributed by atoms with Crippen LogP contribution in [0.4, 0.5) is 0 Å². The molecule has 0 bridgehead atoms. The van der Waals surface area contributed by atoms with Crippen LogP contribution in [0.15, 0.2) is 24.5 Å². The van der Waals surface area contributed by atoms with E-state index < -0.39 is 0 Å². The summed E-state index contributed by atoms with van der Waals surface area (Å²) < 4.78 is 0. The number of hydrogen-bond donors (Lipinski definition) is 1. The Balaban J connectivity index is 1.43. The summed E-state index contributed by atoms with van der Waals surface area (Å²) in [5.41, 5.74) is 1.06. The molecule has 1 N–H and O–H groups in total. The van der Waals surface area contributed by atoms with Gasteiger partial charge in [0.15, 0.2) is 0 Å². The number of amides is 2. The molecule has 112 valence electrons. The van der Waals surface area contributed by atoms with Gasteiger partial charge in [0.05, 0.1) is 0 Å². The van der Waals surface area contributed by atoms with Crippen molar-refractivity contribution in [2.45, 2.75) is 32.2 Å². The molecule has 3 rings (SSSR count). The Labute approximate surface area is 124 Å². The molecule has 5 heteroatoms. The van der Waals surface area contributed by atoms with Crippen LogP contribution in [0.1, 0.15) is 31.2 Å². The molecule has 1 saturated carbocycles. The van der Waals surface area contributed by atoms with Gasteiger partial charge in [-0.05, 0) is 43.4 Å². The number of carbonyl (C=O) groups is 2. The molecule has 5 nitrogen and oxygen atoms in total. The fraction of sp³-hybridized carbons (Fsp3) is 0.562. The number of nitrogens with one attached hydrogen (secondary N) is 1. The van der Waals surface area contributed by atoms with Gasteiger partial charge in [0, 0.05) is 43.9 Å². The number of nitrogens with zero attached hydrogens (tertiary/aromatic N) is 2. The highest BCUT2D eigenvalue weighted by molar-refractivity contribution is 5.82. The van der Waals surface area contributed by atoms with Crippen molar-refractivity contribution in [2.75, 3.05) is 13.1 Å². The van der Waals surface area contributed by atoms with Gasteiger partial charge in [0.25, 0.3) is 0 Å². The summed E-state index contributed by atoms with van der Waals surface area (Å²) in [6.07, 6.45) is 7.10. The average Bonchev–Trinajstić information content (AvgIpc) is 3.38. The smallest absolute Gasteiger partial charge is 0.225 e. The van der Waals surface area contributed by atoms with Gasteiger partial charge in [0.2, 0.25) is 11.8 Å². The first-order valence-corrected chi connectivity index (χ1v) is 7.69. The van der Waals surface area contributed by atoms with Gasteiger partial charge in [-0.15, -0.1) is 0 Å². The van der Waals surface area contributed by atoms with Crippen LogP contribution in [0.2, 0.25) is 0 Å². The highest BCUT2D eigenvalue weighted by atomic mass is 16.2. The highest BCUT2D eigenvalue weighted by Crippen LogP contribution is 2.32. The molecule has 0 aromatic carbocycles. The van der Waals surface area contributed by atoms with E-state index in [2.05, 4.69) is 10.3 Å². The average molecular weight is 287 g/mol. The number of hydrogen-bond acceptors (Lipinski definition) is 3. The third-order valence-electron chi connectivity index (χ3n) is 4.32. The second kappa shape index (κ2) is 6.24. The SMILES string of the molecule is O=C(NCc1ccncc1)C1CCN(C(=O)C2CC2)CC1. The lowest BCUT2D eigenvalue weighted by atomic mass is 9.95. The maximum absolute atomic E-state index is 12.2. The van der Waals surface area contributed by atoms with Crippen LogP contribution in [-0.4, -0.2) is 34.8 Å². The Morgan fingerprint density at radius 1 is 1.10 bits per heavy atom. The van der Waals surface area contributed by atoms with Gasteiger partial charge in [-0.1, -0.05) is 0 Å².